The first kappa shape index (κ1) is 8.24. The van der Waals surface area contributed by atoms with Crippen LogP contribution in [0.1, 0.15) is 5.56 Å². The molecule has 0 aromatic heterocycles. The van der Waals surface area contributed by atoms with Gasteiger partial charge in [-0.05, 0) is 30.4 Å². The van der Waals surface area contributed by atoms with Crippen LogP contribution < -0.4 is 0 Å². The van der Waals surface area contributed by atoms with E-state index in [1.807, 2.05) is 24.3 Å². The Morgan fingerprint density at radius 2 is 1.77 bits per heavy atom. The fraction of sp³-hybridized carbons (Fsp3) is 0.0833. The van der Waals surface area contributed by atoms with Gasteiger partial charge in [-0.25, -0.2) is 4.39 Å². The molecule has 13 heavy (non-hydrogen) atoms. The number of hydrogen-bond acceptors (Lipinski definition) is 0. The Morgan fingerprint density at radius 3 is 2.46 bits per heavy atom. The Morgan fingerprint density at radius 1 is 1.08 bits per heavy atom. The summed E-state index contributed by atoms with van der Waals surface area (Å²) in [6.45, 7) is 3.78. The molecule has 0 amide bonds. The molecule has 65 valence electrons. The SMILES string of the molecule is [CH2]Cc1cccc2cccc(F)c12. The van der Waals surface area contributed by atoms with Crippen LogP contribution in [0.25, 0.3) is 10.8 Å². The molecule has 0 fully saturated rings. The van der Waals surface area contributed by atoms with E-state index in [0.717, 1.165) is 10.9 Å². The summed E-state index contributed by atoms with van der Waals surface area (Å²) in [5, 5.41) is 1.65. The van der Waals surface area contributed by atoms with Crippen LogP contribution in [0, 0.1) is 12.7 Å². The highest BCUT2D eigenvalue weighted by atomic mass is 19.1. The van der Waals surface area contributed by atoms with Crippen LogP contribution in [0.5, 0.6) is 0 Å². The maximum Gasteiger partial charge on any atom is 0.131 e. The van der Waals surface area contributed by atoms with E-state index in [9.17, 15) is 4.39 Å². The molecular weight excluding hydrogens is 163 g/mol. The fourth-order valence-corrected chi connectivity index (χ4v) is 1.58. The van der Waals surface area contributed by atoms with Gasteiger partial charge in [-0.2, -0.15) is 0 Å². The first-order valence-electron chi connectivity index (χ1n) is 4.28. The van der Waals surface area contributed by atoms with E-state index < -0.39 is 0 Å². The zero-order valence-electron chi connectivity index (χ0n) is 7.26. The zero-order chi connectivity index (χ0) is 9.26. The van der Waals surface area contributed by atoms with E-state index in [-0.39, 0.29) is 5.82 Å². The number of hydrogen-bond donors (Lipinski definition) is 0. The molecule has 0 saturated carbocycles. The highest BCUT2D eigenvalue weighted by molar-refractivity contribution is 5.86. The highest BCUT2D eigenvalue weighted by Gasteiger charge is 2.03. The van der Waals surface area contributed by atoms with Gasteiger partial charge in [-0.1, -0.05) is 30.3 Å². The second-order valence-electron chi connectivity index (χ2n) is 3.01. The molecule has 2 aromatic rings. The Bertz CT molecular complexity index is 427. The zero-order valence-corrected chi connectivity index (χ0v) is 7.26. The molecule has 0 spiro atoms. The highest BCUT2D eigenvalue weighted by Crippen LogP contribution is 2.21. The summed E-state index contributed by atoms with van der Waals surface area (Å²) in [7, 11) is 0. The van der Waals surface area contributed by atoms with Crippen molar-refractivity contribution in [3.8, 4) is 0 Å². The number of fused-ring (bicyclic) bond motifs is 1. The quantitative estimate of drug-likeness (QED) is 0.620. The van der Waals surface area contributed by atoms with Crippen LogP contribution in [0.3, 0.4) is 0 Å². The van der Waals surface area contributed by atoms with Crippen molar-refractivity contribution in [3.05, 3.63) is 54.7 Å². The van der Waals surface area contributed by atoms with Gasteiger partial charge in [0.1, 0.15) is 5.82 Å². The smallest absolute Gasteiger partial charge is 0.131 e. The summed E-state index contributed by atoms with van der Waals surface area (Å²) in [5.41, 5.74) is 0.968. The van der Waals surface area contributed by atoms with Gasteiger partial charge in [0.25, 0.3) is 0 Å². The van der Waals surface area contributed by atoms with Crippen LogP contribution in [0.4, 0.5) is 4.39 Å². The largest absolute Gasteiger partial charge is 0.206 e. The maximum atomic E-state index is 13.4. The van der Waals surface area contributed by atoms with Crippen LogP contribution in [-0.4, -0.2) is 0 Å². The monoisotopic (exact) mass is 173 g/mol. The minimum absolute atomic E-state index is 0.156. The molecule has 0 heterocycles. The lowest BCUT2D eigenvalue weighted by atomic mass is 10.0. The van der Waals surface area contributed by atoms with Crippen molar-refractivity contribution < 1.29 is 4.39 Å². The topological polar surface area (TPSA) is 0 Å². The second kappa shape index (κ2) is 3.17. The Balaban J connectivity index is 2.87. The van der Waals surface area contributed by atoms with E-state index in [0.29, 0.717) is 11.8 Å². The third kappa shape index (κ3) is 1.31. The van der Waals surface area contributed by atoms with Gasteiger partial charge < -0.3 is 0 Å². The van der Waals surface area contributed by atoms with Gasteiger partial charge in [0, 0.05) is 5.39 Å². The Hall–Kier alpha value is -1.37. The molecule has 1 heteroatoms. The lowest BCUT2D eigenvalue weighted by molar-refractivity contribution is 0.639. The summed E-state index contributed by atoms with van der Waals surface area (Å²) in [4.78, 5) is 0. The van der Waals surface area contributed by atoms with Gasteiger partial charge in [0.05, 0.1) is 0 Å². The van der Waals surface area contributed by atoms with E-state index in [1.165, 1.54) is 6.07 Å². The summed E-state index contributed by atoms with van der Waals surface area (Å²) in [6, 6.07) is 10.9. The summed E-state index contributed by atoms with van der Waals surface area (Å²) in [5.74, 6) is -0.156. The van der Waals surface area contributed by atoms with E-state index in [4.69, 9.17) is 0 Å². The van der Waals surface area contributed by atoms with Gasteiger partial charge in [-0.3, -0.25) is 0 Å². The maximum absolute atomic E-state index is 13.4. The average molecular weight is 173 g/mol. The van der Waals surface area contributed by atoms with Crippen molar-refractivity contribution >= 4 is 10.8 Å². The fourth-order valence-electron chi connectivity index (χ4n) is 1.58. The van der Waals surface area contributed by atoms with Crippen LogP contribution in [-0.2, 0) is 6.42 Å². The predicted octanol–water partition coefficient (Wildman–Crippen LogP) is 3.36. The first-order chi connectivity index (χ1) is 6.33. The third-order valence-corrected chi connectivity index (χ3v) is 2.21. The standard InChI is InChI=1S/C12H10F/c1-2-9-5-3-6-10-7-4-8-11(13)12(9)10/h3-8H,1-2H2. The van der Waals surface area contributed by atoms with Crippen molar-refractivity contribution in [1.82, 2.24) is 0 Å². The molecule has 2 aromatic carbocycles. The molecular formula is C12H10F. The number of rotatable bonds is 1. The number of halogens is 1. The molecule has 0 aliphatic heterocycles. The minimum atomic E-state index is -0.156. The average Bonchev–Trinajstić information content (AvgIpc) is 2.17. The Labute approximate surface area is 77.0 Å². The number of benzene rings is 2. The molecule has 0 aliphatic carbocycles. The van der Waals surface area contributed by atoms with Gasteiger partial charge in [0.2, 0.25) is 0 Å². The normalized spacial score (nSPS) is 10.6. The first-order valence-corrected chi connectivity index (χ1v) is 4.28. The lowest BCUT2D eigenvalue weighted by Gasteiger charge is -2.04. The van der Waals surface area contributed by atoms with Crippen molar-refractivity contribution in [3.63, 3.8) is 0 Å². The molecule has 0 nitrogen and oxygen atoms in total. The van der Waals surface area contributed by atoms with Crippen LogP contribution >= 0.6 is 0 Å². The van der Waals surface area contributed by atoms with Gasteiger partial charge in [0.15, 0.2) is 0 Å². The molecule has 2 rings (SSSR count). The summed E-state index contributed by atoms with van der Waals surface area (Å²) >= 11 is 0. The van der Waals surface area contributed by atoms with Gasteiger partial charge >= 0.3 is 0 Å². The molecule has 0 bridgehead atoms. The van der Waals surface area contributed by atoms with E-state index >= 15 is 0 Å². The van der Waals surface area contributed by atoms with Crippen molar-refractivity contribution in [1.29, 1.82) is 0 Å². The minimum Gasteiger partial charge on any atom is -0.206 e. The molecule has 0 unspecified atom stereocenters. The molecule has 0 N–H and O–H groups in total. The summed E-state index contributed by atoms with van der Waals surface area (Å²) in [6.07, 6.45) is 0.623. The molecule has 0 aliphatic rings. The second-order valence-corrected chi connectivity index (χ2v) is 3.01. The summed E-state index contributed by atoms with van der Waals surface area (Å²) < 4.78 is 13.4. The van der Waals surface area contributed by atoms with E-state index in [2.05, 4.69) is 6.92 Å². The molecule has 0 atom stereocenters. The Kier molecular flexibility index (Phi) is 2.01. The van der Waals surface area contributed by atoms with Crippen molar-refractivity contribution in [2.24, 2.45) is 0 Å². The molecule has 0 saturated heterocycles. The predicted molar refractivity (Wildman–Crippen MR) is 53.0 cm³/mol. The van der Waals surface area contributed by atoms with Crippen LogP contribution in [0.2, 0.25) is 0 Å². The molecule has 1 radical (unpaired) electrons. The lowest BCUT2D eigenvalue weighted by Crippen LogP contribution is -1.86. The van der Waals surface area contributed by atoms with E-state index in [1.54, 1.807) is 6.07 Å². The van der Waals surface area contributed by atoms with Crippen molar-refractivity contribution in [2.45, 2.75) is 6.42 Å². The van der Waals surface area contributed by atoms with Crippen molar-refractivity contribution in [2.75, 3.05) is 0 Å². The third-order valence-electron chi connectivity index (χ3n) is 2.21. The van der Waals surface area contributed by atoms with Gasteiger partial charge in [-0.15, -0.1) is 0 Å². The van der Waals surface area contributed by atoms with Crippen LogP contribution in [0.15, 0.2) is 36.4 Å².